The van der Waals surface area contributed by atoms with Gasteiger partial charge in [-0.15, -0.1) is 6.58 Å². The van der Waals surface area contributed by atoms with Gasteiger partial charge in [-0.1, -0.05) is 43.3 Å². The molecule has 12 heteroatoms. The van der Waals surface area contributed by atoms with E-state index in [0.29, 0.717) is 16.9 Å². The fourth-order valence-electron chi connectivity index (χ4n) is 7.20. The average Bonchev–Trinajstić information content (AvgIpc) is 3.39. The zero-order chi connectivity index (χ0) is 32.7. The van der Waals surface area contributed by atoms with Crippen LogP contribution in [-0.2, 0) is 40.8 Å². The van der Waals surface area contributed by atoms with Gasteiger partial charge in [0, 0.05) is 49.3 Å². The van der Waals surface area contributed by atoms with E-state index < -0.39 is 43.8 Å². The Morgan fingerprint density at radius 3 is 2.53 bits per heavy atom. The topological polar surface area (TPSA) is 117 Å². The molecule has 0 radical (unpaired) electrons. The third-order valence-corrected chi connectivity index (χ3v) is 11.5. The van der Waals surface area contributed by atoms with E-state index >= 15 is 4.11 Å². The summed E-state index contributed by atoms with van der Waals surface area (Å²) in [4.78, 5) is 56.8. The Bertz CT molecular complexity index is 1500. The van der Waals surface area contributed by atoms with Crippen molar-refractivity contribution < 1.29 is 37.9 Å². The van der Waals surface area contributed by atoms with Crippen molar-refractivity contribution in [2.24, 2.45) is 5.92 Å². The number of esters is 1. The van der Waals surface area contributed by atoms with Gasteiger partial charge in [0.25, 0.3) is 5.91 Å². The second-order valence-electron chi connectivity index (χ2n) is 12.4. The predicted octanol–water partition coefficient (Wildman–Crippen LogP) is 4.03. The molecule has 3 amide bonds. The number of β-lactam (4-membered cyclic amide) rings is 1. The second-order valence-corrected chi connectivity index (χ2v) is 16.2. The van der Waals surface area contributed by atoms with E-state index in [4.69, 9.17) is 9.47 Å². The molecule has 2 aromatic carbocycles. The third-order valence-electron chi connectivity index (χ3n) is 9.06. The number of carbonyl (C=O) groups excluding carboxylic acids is 4. The van der Waals surface area contributed by atoms with Crippen LogP contribution >= 0.6 is 0 Å². The van der Waals surface area contributed by atoms with Crippen LogP contribution < -0.4 is 9.80 Å². The van der Waals surface area contributed by atoms with Gasteiger partial charge >= 0.3 is 5.97 Å². The molecule has 3 aliphatic rings. The van der Waals surface area contributed by atoms with Gasteiger partial charge in [0.15, 0.2) is 11.8 Å². The summed E-state index contributed by atoms with van der Waals surface area (Å²) in [5, 5.41) is 9.73. The van der Waals surface area contributed by atoms with Crippen LogP contribution in [0.2, 0.25) is 18.6 Å². The first kappa shape index (κ1) is 32.5. The highest BCUT2D eigenvalue weighted by Gasteiger charge is 2.67. The van der Waals surface area contributed by atoms with Gasteiger partial charge in [0.2, 0.25) is 20.2 Å². The molecule has 1 spiro atoms. The first-order valence-corrected chi connectivity index (χ1v) is 18.1. The van der Waals surface area contributed by atoms with E-state index in [1.54, 1.807) is 44.3 Å². The SMILES string of the molecule is C=CCN1C(=O)[C@@]2(O[C@@H](CC(=O)N(CCO)Cc3ccccc3)[C@H]([Si](C)(C)F)[C@H]2C)c2cc(N3C(=O)CC3OC(C)=O)ccc21. The Labute approximate surface area is 263 Å². The number of hydrogen-bond donors (Lipinski definition) is 1. The molecule has 5 rings (SSSR count). The summed E-state index contributed by atoms with van der Waals surface area (Å²) in [6.45, 7) is 10.3. The van der Waals surface area contributed by atoms with Crippen molar-refractivity contribution in [2.45, 2.75) is 69.8 Å². The summed E-state index contributed by atoms with van der Waals surface area (Å²) in [6, 6.07) is 14.4. The zero-order valence-electron chi connectivity index (χ0n) is 26.1. The van der Waals surface area contributed by atoms with Gasteiger partial charge in [0.05, 0.1) is 31.2 Å². The fourth-order valence-corrected chi connectivity index (χ4v) is 9.69. The quantitative estimate of drug-likeness (QED) is 0.130. The normalized spacial score (nSPS) is 25.7. The molecule has 0 bridgehead atoms. The largest absolute Gasteiger partial charge is 0.441 e. The number of rotatable bonds is 11. The Morgan fingerprint density at radius 1 is 1.22 bits per heavy atom. The second kappa shape index (κ2) is 12.5. The maximum atomic E-state index is 16.3. The lowest BCUT2D eigenvalue weighted by Gasteiger charge is -2.39. The van der Waals surface area contributed by atoms with E-state index in [2.05, 4.69) is 6.58 Å². The Kier molecular flexibility index (Phi) is 9.03. The number of ether oxygens (including phenoxy) is 2. The molecule has 2 saturated heterocycles. The molecular weight excluding hydrogens is 597 g/mol. The first-order valence-electron chi connectivity index (χ1n) is 15.2. The van der Waals surface area contributed by atoms with Crippen LogP contribution in [0.5, 0.6) is 0 Å². The highest BCUT2D eigenvalue weighted by Crippen LogP contribution is 2.60. The molecule has 10 nitrogen and oxygen atoms in total. The monoisotopic (exact) mass is 637 g/mol. The van der Waals surface area contributed by atoms with Gasteiger partial charge in [0.1, 0.15) is 0 Å². The highest BCUT2D eigenvalue weighted by atomic mass is 28.4. The van der Waals surface area contributed by atoms with Crippen molar-refractivity contribution in [3.63, 3.8) is 0 Å². The molecule has 1 unspecified atom stereocenters. The van der Waals surface area contributed by atoms with Gasteiger partial charge < -0.3 is 28.5 Å². The van der Waals surface area contributed by atoms with Crippen LogP contribution in [0.1, 0.15) is 37.8 Å². The van der Waals surface area contributed by atoms with Crippen molar-refractivity contribution >= 4 is 43.5 Å². The molecule has 45 heavy (non-hydrogen) atoms. The van der Waals surface area contributed by atoms with Crippen molar-refractivity contribution in [1.29, 1.82) is 0 Å². The van der Waals surface area contributed by atoms with Gasteiger partial charge in [-0.25, -0.2) is 0 Å². The Hall–Kier alpha value is -3.87. The van der Waals surface area contributed by atoms with Crippen LogP contribution in [0.25, 0.3) is 0 Å². The minimum atomic E-state index is -3.56. The lowest BCUT2D eigenvalue weighted by atomic mass is 9.82. The summed E-state index contributed by atoms with van der Waals surface area (Å²) in [6.07, 6.45) is -0.235. The van der Waals surface area contributed by atoms with E-state index in [-0.39, 0.29) is 56.8 Å². The third kappa shape index (κ3) is 5.82. The van der Waals surface area contributed by atoms with Crippen LogP contribution in [0.15, 0.2) is 61.2 Å². The smallest absolute Gasteiger partial charge is 0.304 e. The molecule has 5 atom stereocenters. The Morgan fingerprint density at radius 2 is 1.93 bits per heavy atom. The molecule has 2 aromatic rings. The van der Waals surface area contributed by atoms with E-state index in [1.165, 1.54) is 21.6 Å². The van der Waals surface area contributed by atoms with Gasteiger partial charge in [-0.3, -0.25) is 24.1 Å². The van der Waals surface area contributed by atoms with Gasteiger partial charge in [-0.2, -0.15) is 0 Å². The number of halogens is 1. The van der Waals surface area contributed by atoms with Crippen molar-refractivity contribution in [2.75, 3.05) is 29.5 Å². The molecule has 240 valence electrons. The van der Waals surface area contributed by atoms with Crippen molar-refractivity contribution in [1.82, 2.24) is 4.90 Å². The molecule has 0 aliphatic carbocycles. The number of nitrogens with zero attached hydrogens (tertiary/aromatic N) is 3. The Balaban J connectivity index is 1.54. The summed E-state index contributed by atoms with van der Waals surface area (Å²) in [5.74, 6) is -2.13. The van der Waals surface area contributed by atoms with Crippen LogP contribution in [0.4, 0.5) is 15.5 Å². The summed E-state index contributed by atoms with van der Waals surface area (Å²) < 4.78 is 28.3. The highest BCUT2D eigenvalue weighted by molar-refractivity contribution is 6.72. The lowest BCUT2D eigenvalue weighted by molar-refractivity contribution is -0.154. The molecule has 0 saturated carbocycles. The zero-order valence-corrected chi connectivity index (χ0v) is 27.1. The first-order chi connectivity index (χ1) is 21.3. The summed E-state index contributed by atoms with van der Waals surface area (Å²) >= 11 is 0. The molecule has 1 N–H and O–H groups in total. The maximum absolute atomic E-state index is 16.3. The van der Waals surface area contributed by atoms with Crippen LogP contribution in [-0.4, -0.2) is 74.1 Å². The minimum Gasteiger partial charge on any atom is -0.441 e. The van der Waals surface area contributed by atoms with Crippen molar-refractivity contribution in [3.8, 4) is 0 Å². The number of benzene rings is 2. The van der Waals surface area contributed by atoms with E-state index in [1.807, 2.05) is 30.3 Å². The molecular formula is C33H40FN3O7Si. The van der Waals surface area contributed by atoms with Crippen LogP contribution in [0.3, 0.4) is 0 Å². The number of fused-ring (bicyclic) bond motifs is 2. The number of aliphatic hydroxyl groups is 1. The van der Waals surface area contributed by atoms with Crippen molar-refractivity contribution in [3.05, 3.63) is 72.3 Å². The van der Waals surface area contributed by atoms with E-state index in [9.17, 15) is 24.3 Å². The summed E-state index contributed by atoms with van der Waals surface area (Å²) in [5.41, 5.74) is -0.0275. The minimum absolute atomic E-state index is 0.0391. The maximum Gasteiger partial charge on any atom is 0.304 e. The fraction of sp³-hybridized carbons (Fsp3) is 0.455. The summed E-state index contributed by atoms with van der Waals surface area (Å²) in [7, 11) is -3.56. The predicted molar refractivity (Wildman–Crippen MR) is 168 cm³/mol. The molecule has 3 aliphatic heterocycles. The number of anilines is 2. The lowest BCUT2D eigenvalue weighted by Crippen LogP contribution is -2.55. The molecule has 3 heterocycles. The standard InChI is InChI=1S/C33H40FN3O7Si/c1-6-14-36-26-13-12-24(37-29(41)19-30(37)43-22(3)39)17-25(26)33(32(36)42)21(2)31(45(4,5)34)27(44-33)18-28(40)35(15-16-38)20-23-10-8-7-9-11-23/h6-13,17,21,27,30-31,38H,1,14-16,18-20H2,2-5H3/t21-,27+,30?,31-,33+/m1/s1. The number of aliphatic hydroxyl groups excluding tert-OH is 1. The average molecular weight is 638 g/mol. The molecule has 2 fully saturated rings. The van der Waals surface area contributed by atoms with Gasteiger partial charge in [-0.05, 0) is 36.9 Å². The van der Waals surface area contributed by atoms with E-state index in [0.717, 1.165) is 5.56 Å². The number of hydrogen-bond acceptors (Lipinski definition) is 7. The number of amides is 3. The molecule has 0 aromatic heterocycles. The van der Waals surface area contributed by atoms with Crippen LogP contribution in [0, 0.1) is 5.92 Å². The number of carbonyl (C=O) groups is 4.